The second-order valence-corrected chi connectivity index (χ2v) is 9.26. The molecule has 0 aliphatic rings. The van der Waals surface area contributed by atoms with Gasteiger partial charge in [0.1, 0.15) is 11.4 Å². The molecule has 1 atom stereocenters. The van der Waals surface area contributed by atoms with E-state index in [1.807, 2.05) is 60.3 Å². The van der Waals surface area contributed by atoms with Gasteiger partial charge in [-0.15, -0.1) is 0 Å². The first-order valence-electron chi connectivity index (χ1n) is 10.7. The summed E-state index contributed by atoms with van der Waals surface area (Å²) >= 11 is 9.55. The third-order valence-corrected chi connectivity index (χ3v) is 6.39. The Kier molecular flexibility index (Phi) is 6.22. The first-order valence-corrected chi connectivity index (χ1v) is 11.8. The van der Waals surface area contributed by atoms with Crippen LogP contribution in [-0.4, -0.2) is 20.4 Å². The number of carbonyl (C=O) groups is 1. The molecular weight excluding hydrogens is 516 g/mol. The third kappa shape index (κ3) is 4.62. The van der Waals surface area contributed by atoms with Gasteiger partial charge in [-0.25, -0.2) is 4.98 Å². The summed E-state index contributed by atoms with van der Waals surface area (Å²) < 4.78 is 8.77. The van der Waals surface area contributed by atoms with E-state index in [1.54, 1.807) is 30.5 Å². The smallest absolute Gasteiger partial charge is 0.287 e. The fourth-order valence-electron chi connectivity index (χ4n) is 3.93. The Balaban J connectivity index is 1.48. The number of aromatic nitrogens is 3. The molecule has 3 heterocycles. The summed E-state index contributed by atoms with van der Waals surface area (Å²) in [6.07, 6.45) is 4.03. The molecule has 0 bridgehead atoms. The van der Waals surface area contributed by atoms with Gasteiger partial charge in [-0.1, -0.05) is 45.7 Å². The Morgan fingerprint density at radius 1 is 1.12 bits per heavy atom. The van der Waals surface area contributed by atoms with Crippen LogP contribution in [-0.2, 0) is 13.5 Å². The molecule has 0 fully saturated rings. The molecule has 5 rings (SSSR count). The van der Waals surface area contributed by atoms with Crippen LogP contribution in [0.5, 0.6) is 0 Å². The Morgan fingerprint density at radius 2 is 1.94 bits per heavy atom. The fourth-order valence-corrected chi connectivity index (χ4v) is 4.37. The molecule has 0 saturated heterocycles. The lowest BCUT2D eigenvalue weighted by Gasteiger charge is -2.18. The summed E-state index contributed by atoms with van der Waals surface area (Å²) in [5.74, 6) is 0.600. The Bertz CT molecular complexity index is 1460. The summed E-state index contributed by atoms with van der Waals surface area (Å²) in [6, 6.07) is 20.3. The minimum absolute atomic E-state index is 0.214. The van der Waals surface area contributed by atoms with Crippen LogP contribution < -0.4 is 5.32 Å². The number of hydrogen-bond donors (Lipinski definition) is 1. The Morgan fingerprint density at radius 3 is 2.71 bits per heavy atom. The highest BCUT2D eigenvalue weighted by molar-refractivity contribution is 9.10. The minimum atomic E-state index is -0.423. The van der Waals surface area contributed by atoms with E-state index in [2.05, 4.69) is 31.2 Å². The molecule has 0 saturated carbocycles. The minimum Gasteiger partial charge on any atom is -0.451 e. The number of halogens is 2. The highest BCUT2D eigenvalue weighted by Gasteiger charge is 2.24. The van der Waals surface area contributed by atoms with Crippen molar-refractivity contribution >= 4 is 44.4 Å². The molecule has 1 unspecified atom stereocenters. The average molecular weight is 536 g/mol. The van der Waals surface area contributed by atoms with Crippen LogP contribution in [0.4, 0.5) is 0 Å². The van der Waals surface area contributed by atoms with Gasteiger partial charge < -0.3 is 14.3 Å². The van der Waals surface area contributed by atoms with Crippen molar-refractivity contribution in [3.05, 3.63) is 106 Å². The van der Waals surface area contributed by atoms with E-state index in [4.69, 9.17) is 16.0 Å². The highest BCUT2D eigenvalue weighted by atomic mass is 79.9. The van der Waals surface area contributed by atoms with Crippen LogP contribution in [0.1, 0.15) is 28.1 Å². The SMILES string of the molecule is Cn1c(-c2ccc(Br)cc2)cnc1C(Cc1ccccn1)NC(=O)c1cc2cc(Cl)ccc2o1. The van der Waals surface area contributed by atoms with Crippen LogP contribution in [0, 0.1) is 0 Å². The van der Waals surface area contributed by atoms with Crippen molar-refractivity contribution < 1.29 is 9.21 Å². The van der Waals surface area contributed by atoms with E-state index in [0.29, 0.717) is 17.0 Å². The highest BCUT2D eigenvalue weighted by Crippen LogP contribution is 2.27. The molecular formula is C26H20BrClN4O2. The van der Waals surface area contributed by atoms with Crippen molar-refractivity contribution in [2.45, 2.75) is 12.5 Å². The number of furan rings is 1. The van der Waals surface area contributed by atoms with Gasteiger partial charge in [-0.05, 0) is 54.1 Å². The van der Waals surface area contributed by atoms with E-state index in [9.17, 15) is 4.79 Å². The molecule has 0 aliphatic heterocycles. The molecule has 34 heavy (non-hydrogen) atoms. The normalized spacial score (nSPS) is 12.1. The molecule has 8 heteroatoms. The second-order valence-electron chi connectivity index (χ2n) is 7.91. The summed E-state index contributed by atoms with van der Waals surface area (Å²) in [4.78, 5) is 22.3. The van der Waals surface area contributed by atoms with Crippen molar-refractivity contribution in [2.24, 2.45) is 7.05 Å². The molecule has 0 radical (unpaired) electrons. The zero-order chi connectivity index (χ0) is 23.7. The van der Waals surface area contributed by atoms with Crippen LogP contribution >= 0.6 is 27.5 Å². The lowest BCUT2D eigenvalue weighted by Crippen LogP contribution is -2.31. The standard InChI is InChI=1S/C26H20BrClN4O2/c1-32-22(16-5-7-18(27)8-6-16)15-30-25(32)21(14-20-4-2-3-11-29-20)31-26(33)24-13-17-12-19(28)9-10-23(17)34-24/h2-13,15,21H,14H2,1H3,(H,31,33). The van der Waals surface area contributed by atoms with Crippen molar-refractivity contribution in [3.8, 4) is 11.3 Å². The monoisotopic (exact) mass is 534 g/mol. The van der Waals surface area contributed by atoms with Crippen LogP contribution in [0.2, 0.25) is 5.02 Å². The lowest BCUT2D eigenvalue weighted by molar-refractivity contribution is 0.0908. The first-order chi connectivity index (χ1) is 16.5. The van der Waals surface area contributed by atoms with Gasteiger partial charge in [0.15, 0.2) is 5.76 Å². The summed E-state index contributed by atoms with van der Waals surface area (Å²) in [7, 11) is 1.94. The number of carbonyl (C=O) groups excluding carboxylic acids is 1. The van der Waals surface area contributed by atoms with Gasteiger partial charge in [0, 0.05) is 40.2 Å². The average Bonchev–Trinajstić information content (AvgIpc) is 3.43. The third-order valence-electron chi connectivity index (χ3n) is 5.62. The van der Waals surface area contributed by atoms with E-state index in [1.165, 1.54) is 0 Å². The Labute approximate surface area is 209 Å². The molecule has 1 amide bonds. The number of amides is 1. The largest absolute Gasteiger partial charge is 0.451 e. The van der Waals surface area contributed by atoms with E-state index in [0.717, 1.165) is 32.6 Å². The lowest BCUT2D eigenvalue weighted by atomic mass is 10.1. The van der Waals surface area contributed by atoms with Gasteiger partial charge in [-0.3, -0.25) is 9.78 Å². The Hall–Kier alpha value is -3.42. The molecule has 6 nitrogen and oxygen atoms in total. The number of fused-ring (bicyclic) bond motifs is 1. The molecule has 3 aromatic heterocycles. The second kappa shape index (κ2) is 9.44. The number of benzene rings is 2. The number of imidazole rings is 1. The number of hydrogen-bond acceptors (Lipinski definition) is 4. The van der Waals surface area contributed by atoms with Crippen molar-refractivity contribution in [1.82, 2.24) is 19.9 Å². The van der Waals surface area contributed by atoms with Crippen molar-refractivity contribution in [2.75, 3.05) is 0 Å². The zero-order valence-corrected chi connectivity index (χ0v) is 20.5. The summed E-state index contributed by atoms with van der Waals surface area (Å²) in [6.45, 7) is 0. The van der Waals surface area contributed by atoms with Crippen molar-refractivity contribution in [1.29, 1.82) is 0 Å². The van der Waals surface area contributed by atoms with Gasteiger partial charge in [0.2, 0.25) is 0 Å². The molecule has 0 spiro atoms. The van der Waals surface area contributed by atoms with E-state index < -0.39 is 6.04 Å². The zero-order valence-electron chi connectivity index (χ0n) is 18.2. The maximum absolute atomic E-state index is 13.2. The number of nitrogens with one attached hydrogen (secondary N) is 1. The van der Waals surface area contributed by atoms with E-state index in [-0.39, 0.29) is 11.7 Å². The summed E-state index contributed by atoms with van der Waals surface area (Å²) in [5.41, 5.74) is 3.42. The maximum atomic E-state index is 13.2. The summed E-state index contributed by atoms with van der Waals surface area (Å²) in [5, 5.41) is 4.45. The molecule has 170 valence electrons. The van der Waals surface area contributed by atoms with E-state index >= 15 is 0 Å². The van der Waals surface area contributed by atoms with Gasteiger partial charge in [-0.2, -0.15) is 0 Å². The number of pyridine rings is 1. The fraction of sp³-hybridized carbons (Fsp3) is 0.115. The predicted octanol–water partition coefficient (Wildman–Crippen LogP) is 6.36. The van der Waals surface area contributed by atoms with Gasteiger partial charge in [0.05, 0.1) is 17.9 Å². The number of nitrogens with zero attached hydrogens (tertiary/aromatic N) is 3. The predicted molar refractivity (Wildman–Crippen MR) is 136 cm³/mol. The topological polar surface area (TPSA) is 73.0 Å². The van der Waals surface area contributed by atoms with Crippen molar-refractivity contribution in [3.63, 3.8) is 0 Å². The molecule has 2 aromatic carbocycles. The van der Waals surface area contributed by atoms with Gasteiger partial charge >= 0.3 is 0 Å². The quantitative estimate of drug-likeness (QED) is 0.275. The van der Waals surface area contributed by atoms with Gasteiger partial charge in [0.25, 0.3) is 5.91 Å². The molecule has 5 aromatic rings. The van der Waals surface area contributed by atoms with Crippen LogP contribution in [0.15, 0.2) is 88.0 Å². The maximum Gasteiger partial charge on any atom is 0.287 e. The van der Waals surface area contributed by atoms with Crippen LogP contribution in [0.3, 0.4) is 0 Å². The first kappa shape index (κ1) is 22.4. The molecule has 0 aliphatic carbocycles. The number of rotatable bonds is 6. The molecule has 1 N–H and O–H groups in total. The van der Waals surface area contributed by atoms with Crippen LogP contribution in [0.25, 0.3) is 22.2 Å².